The quantitative estimate of drug-likeness (QED) is 0.817. The Morgan fingerprint density at radius 3 is 2.83 bits per heavy atom. The maximum atomic E-state index is 12.0. The van der Waals surface area contributed by atoms with Crippen molar-refractivity contribution in [1.29, 1.82) is 0 Å². The van der Waals surface area contributed by atoms with E-state index in [1.807, 2.05) is 6.07 Å². The van der Waals surface area contributed by atoms with Crippen LogP contribution in [0.15, 0.2) is 45.8 Å². The molecule has 0 atom stereocenters. The van der Waals surface area contributed by atoms with Gasteiger partial charge in [0.05, 0.1) is 6.20 Å². The van der Waals surface area contributed by atoms with Crippen LogP contribution in [0.4, 0.5) is 0 Å². The second-order valence-electron chi connectivity index (χ2n) is 3.96. The second kappa shape index (κ2) is 5.27. The maximum absolute atomic E-state index is 12.0. The first kappa shape index (κ1) is 12.7. The summed E-state index contributed by atoms with van der Waals surface area (Å²) in [6.07, 6.45) is 1.57. The van der Waals surface area contributed by atoms with Crippen LogP contribution in [0.3, 0.4) is 0 Å². The van der Waals surface area contributed by atoms with Crippen molar-refractivity contribution in [2.75, 3.05) is 0 Å². The highest BCUT2D eigenvalue weighted by atomic mass is 79.9. The van der Waals surface area contributed by atoms with E-state index >= 15 is 0 Å². The number of hydrogen-bond donors (Lipinski definition) is 0. The number of carbonyl (C=O) groups is 1. The molecule has 4 nitrogen and oxygen atoms in total. The number of Topliss-reactive ketones (excluding diaryl/α,β-unsaturated/α-hetero) is 1. The van der Waals surface area contributed by atoms with Crippen molar-refractivity contribution < 1.29 is 4.79 Å². The van der Waals surface area contributed by atoms with Gasteiger partial charge in [0.1, 0.15) is 6.54 Å². The fourth-order valence-electron chi connectivity index (χ4n) is 1.53. The number of hydrogen-bond acceptors (Lipinski definition) is 3. The summed E-state index contributed by atoms with van der Waals surface area (Å²) in [4.78, 5) is 23.6. The molecule has 0 saturated heterocycles. The van der Waals surface area contributed by atoms with Gasteiger partial charge in [0.2, 0.25) is 0 Å². The third-order valence-corrected chi connectivity index (χ3v) is 2.94. The maximum Gasteiger partial charge on any atom is 0.267 e. The zero-order chi connectivity index (χ0) is 13.1. The molecule has 2 rings (SSSR count). The summed E-state index contributed by atoms with van der Waals surface area (Å²) in [6.45, 7) is 1.74. The number of rotatable bonds is 3. The van der Waals surface area contributed by atoms with Gasteiger partial charge in [-0.25, -0.2) is 4.68 Å². The predicted octanol–water partition coefficient (Wildman–Crippen LogP) is 2.20. The lowest BCUT2D eigenvalue weighted by atomic mass is 10.1. The van der Waals surface area contributed by atoms with Crippen LogP contribution >= 0.6 is 15.9 Å². The van der Waals surface area contributed by atoms with E-state index in [0.29, 0.717) is 5.56 Å². The van der Waals surface area contributed by atoms with E-state index in [4.69, 9.17) is 0 Å². The van der Waals surface area contributed by atoms with Gasteiger partial charge in [0, 0.05) is 16.1 Å². The van der Waals surface area contributed by atoms with Crippen LogP contribution in [0.1, 0.15) is 15.9 Å². The van der Waals surface area contributed by atoms with Crippen molar-refractivity contribution in [3.8, 4) is 0 Å². The molecule has 0 amide bonds. The van der Waals surface area contributed by atoms with Gasteiger partial charge < -0.3 is 0 Å². The number of aryl methyl sites for hydroxylation is 1. The van der Waals surface area contributed by atoms with Gasteiger partial charge in [-0.2, -0.15) is 5.10 Å². The smallest absolute Gasteiger partial charge is 0.267 e. The molecule has 0 aliphatic carbocycles. The van der Waals surface area contributed by atoms with Crippen molar-refractivity contribution in [1.82, 2.24) is 9.78 Å². The Kier molecular flexibility index (Phi) is 3.72. The molecule has 1 aromatic heterocycles. The Morgan fingerprint density at radius 1 is 1.39 bits per heavy atom. The fourth-order valence-corrected chi connectivity index (χ4v) is 1.93. The highest BCUT2D eigenvalue weighted by molar-refractivity contribution is 9.10. The molecule has 18 heavy (non-hydrogen) atoms. The van der Waals surface area contributed by atoms with Crippen LogP contribution in [0.25, 0.3) is 0 Å². The number of carbonyl (C=O) groups excluding carboxylic acids is 1. The second-order valence-corrected chi connectivity index (χ2v) is 4.88. The Hall–Kier alpha value is -1.75. The molecule has 2 aromatic rings. The Labute approximate surface area is 112 Å². The molecule has 0 radical (unpaired) electrons. The van der Waals surface area contributed by atoms with Crippen LogP contribution in [0.2, 0.25) is 0 Å². The molecule has 0 bridgehead atoms. The summed E-state index contributed by atoms with van der Waals surface area (Å²) in [5, 5.41) is 3.94. The van der Waals surface area contributed by atoms with Crippen molar-refractivity contribution in [3.05, 3.63) is 62.5 Å². The summed E-state index contributed by atoms with van der Waals surface area (Å²) in [5.41, 5.74) is 1.07. The minimum atomic E-state index is -0.265. The number of nitrogens with zero attached hydrogens (tertiary/aromatic N) is 2. The highest BCUT2D eigenvalue weighted by Crippen LogP contribution is 2.12. The lowest BCUT2D eigenvalue weighted by molar-refractivity contribution is 0.0965. The monoisotopic (exact) mass is 306 g/mol. The summed E-state index contributed by atoms with van der Waals surface area (Å²) >= 11 is 3.30. The molecule has 0 spiro atoms. The van der Waals surface area contributed by atoms with E-state index in [-0.39, 0.29) is 17.9 Å². The summed E-state index contributed by atoms with van der Waals surface area (Å²) < 4.78 is 1.99. The third kappa shape index (κ3) is 2.92. The van der Waals surface area contributed by atoms with Crippen LogP contribution in [0.5, 0.6) is 0 Å². The molecular weight excluding hydrogens is 296 g/mol. The van der Waals surface area contributed by atoms with Crippen molar-refractivity contribution in [3.63, 3.8) is 0 Å². The van der Waals surface area contributed by atoms with E-state index < -0.39 is 0 Å². The highest BCUT2D eigenvalue weighted by Gasteiger charge is 2.08. The van der Waals surface area contributed by atoms with E-state index in [9.17, 15) is 9.59 Å². The lowest BCUT2D eigenvalue weighted by Crippen LogP contribution is -2.26. The first-order valence-corrected chi connectivity index (χ1v) is 6.18. The zero-order valence-electron chi connectivity index (χ0n) is 9.76. The minimum absolute atomic E-state index is 0.0461. The Bertz CT molecular complexity index is 649. The van der Waals surface area contributed by atoms with E-state index in [2.05, 4.69) is 21.0 Å². The van der Waals surface area contributed by atoms with Gasteiger partial charge in [0.15, 0.2) is 5.78 Å². The van der Waals surface area contributed by atoms with E-state index in [0.717, 1.165) is 14.7 Å². The molecule has 0 aliphatic heterocycles. The lowest BCUT2D eigenvalue weighted by Gasteiger charge is -2.04. The SMILES string of the molecule is Cc1cnn(CC(=O)c2cccc(Br)c2)c(=O)c1. The standard InChI is InChI=1S/C13H11BrN2O2/c1-9-5-13(18)16(15-7-9)8-12(17)10-3-2-4-11(14)6-10/h2-7H,8H2,1H3. The minimum Gasteiger partial charge on any atom is -0.292 e. The molecule has 1 aromatic carbocycles. The number of benzene rings is 1. The molecule has 92 valence electrons. The molecule has 0 unspecified atom stereocenters. The largest absolute Gasteiger partial charge is 0.292 e. The molecule has 0 aliphatic rings. The average Bonchev–Trinajstić information content (AvgIpc) is 2.32. The Balaban J connectivity index is 2.24. The molecule has 0 N–H and O–H groups in total. The first-order chi connectivity index (χ1) is 8.56. The summed E-state index contributed by atoms with van der Waals surface area (Å²) in [5.74, 6) is -0.144. The van der Waals surface area contributed by atoms with Crippen molar-refractivity contribution in [2.24, 2.45) is 0 Å². The van der Waals surface area contributed by atoms with Crippen molar-refractivity contribution in [2.45, 2.75) is 13.5 Å². The van der Waals surface area contributed by atoms with Gasteiger partial charge in [0.25, 0.3) is 5.56 Å². The molecule has 1 heterocycles. The van der Waals surface area contributed by atoms with Gasteiger partial charge in [-0.15, -0.1) is 0 Å². The van der Waals surface area contributed by atoms with Gasteiger partial charge in [-0.1, -0.05) is 28.1 Å². The first-order valence-electron chi connectivity index (χ1n) is 5.39. The summed E-state index contributed by atoms with van der Waals surface area (Å²) in [7, 11) is 0. The van der Waals surface area contributed by atoms with Gasteiger partial charge in [-0.3, -0.25) is 9.59 Å². The fraction of sp³-hybridized carbons (Fsp3) is 0.154. The number of ketones is 1. The van der Waals surface area contributed by atoms with Crippen LogP contribution in [-0.4, -0.2) is 15.6 Å². The third-order valence-electron chi connectivity index (χ3n) is 2.45. The van der Waals surface area contributed by atoms with E-state index in [1.54, 1.807) is 31.3 Å². The average molecular weight is 307 g/mol. The predicted molar refractivity (Wildman–Crippen MR) is 71.7 cm³/mol. The van der Waals surface area contributed by atoms with Crippen LogP contribution in [0, 0.1) is 6.92 Å². The van der Waals surface area contributed by atoms with E-state index in [1.165, 1.54) is 6.07 Å². The van der Waals surface area contributed by atoms with Crippen LogP contribution in [-0.2, 0) is 6.54 Å². The van der Waals surface area contributed by atoms with Crippen LogP contribution < -0.4 is 5.56 Å². The van der Waals surface area contributed by atoms with Crippen molar-refractivity contribution >= 4 is 21.7 Å². The zero-order valence-corrected chi connectivity index (χ0v) is 11.3. The number of halogens is 1. The Morgan fingerprint density at radius 2 is 2.17 bits per heavy atom. The van der Waals surface area contributed by atoms with Gasteiger partial charge in [-0.05, 0) is 24.6 Å². The normalized spacial score (nSPS) is 10.3. The molecule has 0 fully saturated rings. The number of aromatic nitrogens is 2. The summed E-state index contributed by atoms with van der Waals surface area (Å²) in [6, 6.07) is 8.52. The van der Waals surface area contributed by atoms with Gasteiger partial charge >= 0.3 is 0 Å². The topological polar surface area (TPSA) is 52.0 Å². The molecule has 5 heteroatoms. The molecular formula is C13H11BrN2O2. The molecule has 0 saturated carbocycles.